The largest absolute Gasteiger partial charge is 0.326 e. The third-order valence-corrected chi connectivity index (χ3v) is 4.78. The van der Waals surface area contributed by atoms with E-state index in [1.54, 1.807) is 18.4 Å². The van der Waals surface area contributed by atoms with E-state index in [0.29, 0.717) is 5.69 Å². The van der Waals surface area contributed by atoms with E-state index in [1.165, 1.54) is 22.8 Å². The second-order valence-electron chi connectivity index (χ2n) is 4.67. The van der Waals surface area contributed by atoms with E-state index in [2.05, 4.69) is 5.32 Å². The molecule has 0 saturated carbocycles. The average molecular weight is 341 g/mol. The van der Waals surface area contributed by atoms with Crippen molar-refractivity contribution in [3.63, 3.8) is 0 Å². The van der Waals surface area contributed by atoms with Crippen molar-refractivity contribution in [2.45, 2.75) is 24.8 Å². The maximum absolute atomic E-state index is 11.9. The summed E-state index contributed by atoms with van der Waals surface area (Å²) in [5, 5.41) is 9.35. The lowest BCUT2D eigenvalue weighted by atomic mass is 10.3. The number of benzene rings is 1. The summed E-state index contributed by atoms with van der Waals surface area (Å²) in [6.45, 7) is 2.07. The van der Waals surface area contributed by atoms with Gasteiger partial charge in [-0.25, -0.2) is 13.6 Å². The molecule has 1 aromatic heterocycles. The molecule has 0 atom stereocenters. The van der Waals surface area contributed by atoms with Crippen LogP contribution < -0.4 is 15.3 Å². The van der Waals surface area contributed by atoms with Gasteiger partial charge < -0.3 is 9.88 Å². The Bertz CT molecular complexity index is 852. The molecule has 2 rings (SSSR count). The zero-order valence-corrected chi connectivity index (χ0v) is 13.4. The number of sulfonamides is 1. The van der Waals surface area contributed by atoms with Gasteiger partial charge in [0.05, 0.1) is 4.90 Å². The van der Waals surface area contributed by atoms with E-state index in [-0.39, 0.29) is 28.6 Å². The third kappa shape index (κ3) is 4.03. The van der Waals surface area contributed by atoms with Gasteiger partial charge in [0.25, 0.3) is 0 Å². The van der Waals surface area contributed by atoms with Crippen molar-refractivity contribution in [2.24, 2.45) is 5.14 Å². The van der Waals surface area contributed by atoms with Gasteiger partial charge in [-0.15, -0.1) is 0 Å². The monoisotopic (exact) mass is 341 g/mol. The molecule has 2 aromatic rings. The smallest absolute Gasteiger partial charge is 0.307 e. The molecule has 118 valence electrons. The molecule has 9 heteroatoms. The normalized spacial score (nSPS) is 11.4. The third-order valence-electron chi connectivity index (χ3n) is 2.99. The number of primary sulfonamides is 1. The van der Waals surface area contributed by atoms with Crippen LogP contribution in [0.3, 0.4) is 0 Å². The zero-order valence-electron chi connectivity index (χ0n) is 11.8. The molecule has 0 aliphatic heterocycles. The summed E-state index contributed by atoms with van der Waals surface area (Å²) in [5.41, 5.74) is 1.14. The molecule has 0 fully saturated rings. The Labute approximate surface area is 131 Å². The van der Waals surface area contributed by atoms with Gasteiger partial charge in [-0.1, -0.05) is 17.4 Å². The van der Waals surface area contributed by atoms with Crippen molar-refractivity contribution >= 4 is 33.0 Å². The number of aryl methyl sites for hydroxylation is 1. The number of hydrogen-bond acceptors (Lipinski definition) is 5. The van der Waals surface area contributed by atoms with Gasteiger partial charge in [0, 0.05) is 29.7 Å². The second-order valence-corrected chi connectivity index (χ2v) is 7.05. The number of carbonyl (C=O) groups is 1. The Morgan fingerprint density at radius 2 is 2.14 bits per heavy atom. The highest BCUT2D eigenvalue weighted by molar-refractivity contribution is 7.89. The number of thiazole rings is 1. The van der Waals surface area contributed by atoms with Crippen LogP contribution in [-0.4, -0.2) is 18.9 Å². The van der Waals surface area contributed by atoms with Crippen LogP contribution in [0, 0.1) is 6.92 Å². The number of nitrogens with one attached hydrogen (secondary N) is 1. The van der Waals surface area contributed by atoms with Gasteiger partial charge in [0.2, 0.25) is 15.9 Å². The molecule has 0 aliphatic rings. The molecular weight excluding hydrogens is 326 g/mol. The predicted octanol–water partition coefficient (Wildman–Crippen LogP) is 0.894. The van der Waals surface area contributed by atoms with Crippen LogP contribution >= 0.6 is 11.3 Å². The maximum atomic E-state index is 11.9. The van der Waals surface area contributed by atoms with Gasteiger partial charge in [0.1, 0.15) is 0 Å². The summed E-state index contributed by atoms with van der Waals surface area (Å²) in [4.78, 5) is 23.2. The van der Waals surface area contributed by atoms with E-state index >= 15 is 0 Å². The SMILES string of the molecule is Cc1csc(=O)n1CCC(=O)Nc1cccc(S(N)(=O)=O)c1. The molecule has 0 bridgehead atoms. The first-order valence-corrected chi connectivity index (χ1v) is 8.77. The first-order valence-electron chi connectivity index (χ1n) is 6.35. The number of carbonyl (C=O) groups excluding carboxylic acids is 1. The minimum absolute atomic E-state index is 0.0739. The molecule has 0 radical (unpaired) electrons. The maximum Gasteiger partial charge on any atom is 0.307 e. The standard InChI is InChI=1S/C13H15N3O4S2/c1-9-8-21-13(18)16(9)6-5-12(17)15-10-3-2-4-11(7-10)22(14,19)20/h2-4,7-8H,5-6H2,1H3,(H,15,17)(H2,14,19,20). The summed E-state index contributed by atoms with van der Waals surface area (Å²) in [6.07, 6.45) is 0.108. The molecule has 7 nitrogen and oxygen atoms in total. The van der Waals surface area contributed by atoms with Gasteiger partial charge in [0.15, 0.2) is 0 Å². The summed E-state index contributed by atoms with van der Waals surface area (Å²) in [6, 6.07) is 5.69. The van der Waals surface area contributed by atoms with Crippen LogP contribution in [0.25, 0.3) is 0 Å². The van der Waals surface area contributed by atoms with Crippen molar-refractivity contribution in [1.82, 2.24) is 4.57 Å². The number of aromatic nitrogens is 1. The first-order chi connectivity index (χ1) is 10.3. The van der Waals surface area contributed by atoms with E-state index in [1.807, 2.05) is 0 Å². The van der Waals surface area contributed by atoms with Gasteiger partial charge >= 0.3 is 4.87 Å². The lowest BCUT2D eigenvalue weighted by Crippen LogP contribution is -2.20. The second kappa shape index (κ2) is 6.42. The van der Waals surface area contributed by atoms with Gasteiger partial charge in [-0.05, 0) is 25.1 Å². The highest BCUT2D eigenvalue weighted by Gasteiger charge is 2.10. The summed E-state index contributed by atoms with van der Waals surface area (Å²) >= 11 is 1.09. The zero-order chi connectivity index (χ0) is 16.3. The van der Waals surface area contributed by atoms with Crippen molar-refractivity contribution in [3.05, 3.63) is 45.0 Å². The van der Waals surface area contributed by atoms with Crippen LogP contribution in [0.2, 0.25) is 0 Å². The molecule has 0 saturated heterocycles. The highest BCUT2D eigenvalue weighted by Crippen LogP contribution is 2.14. The topological polar surface area (TPSA) is 111 Å². The van der Waals surface area contributed by atoms with Gasteiger partial charge in [-0.3, -0.25) is 9.59 Å². The predicted molar refractivity (Wildman–Crippen MR) is 84.4 cm³/mol. The van der Waals surface area contributed by atoms with E-state index < -0.39 is 10.0 Å². The molecular formula is C13H15N3O4S2. The average Bonchev–Trinajstić information content (AvgIpc) is 2.75. The lowest BCUT2D eigenvalue weighted by Gasteiger charge is -2.07. The Hall–Kier alpha value is -1.97. The number of nitrogens with zero attached hydrogens (tertiary/aromatic N) is 1. The Morgan fingerprint density at radius 3 is 2.73 bits per heavy atom. The first kappa shape index (κ1) is 16.4. The van der Waals surface area contributed by atoms with Crippen LogP contribution in [0.1, 0.15) is 12.1 Å². The van der Waals surface area contributed by atoms with Gasteiger partial charge in [-0.2, -0.15) is 0 Å². The van der Waals surface area contributed by atoms with Crippen molar-refractivity contribution in [1.29, 1.82) is 0 Å². The fourth-order valence-electron chi connectivity index (χ4n) is 1.86. The van der Waals surface area contributed by atoms with E-state index in [0.717, 1.165) is 17.0 Å². The lowest BCUT2D eigenvalue weighted by molar-refractivity contribution is -0.116. The molecule has 22 heavy (non-hydrogen) atoms. The van der Waals surface area contributed by atoms with Crippen LogP contribution in [0.5, 0.6) is 0 Å². The quantitative estimate of drug-likeness (QED) is 0.841. The Kier molecular flexibility index (Phi) is 4.79. The van der Waals surface area contributed by atoms with Crippen LogP contribution in [-0.2, 0) is 21.4 Å². The Balaban J connectivity index is 2.02. The van der Waals surface area contributed by atoms with E-state index in [4.69, 9.17) is 5.14 Å². The number of rotatable bonds is 5. The minimum Gasteiger partial charge on any atom is -0.326 e. The molecule has 1 heterocycles. The molecule has 0 unspecified atom stereocenters. The number of hydrogen-bond donors (Lipinski definition) is 2. The summed E-state index contributed by atoms with van der Waals surface area (Å²) < 4.78 is 24.0. The minimum atomic E-state index is -3.82. The molecule has 1 amide bonds. The van der Waals surface area contributed by atoms with Crippen LogP contribution in [0.4, 0.5) is 5.69 Å². The molecule has 0 spiro atoms. The Morgan fingerprint density at radius 1 is 1.41 bits per heavy atom. The molecule has 0 aliphatic carbocycles. The van der Waals surface area contributed by atoms with Crippen molar-refractivity contribution < 1.29 is 13.2 Å². The van der Waals surface area contributed by atoms with Crippen molar-refractivity contribution in [3.8, 4) is 0 Å². The highest BCUT2D eigenvalue weighted by atomic mass is 32.2. The van der Waals surface area contributed by atoms with Crippen LogP contribution in [0.15, 0.2) is 39.3 Å². The molecule has 3 N–H and O–H groups in total. The van der Waals surface area contributed by atoms with E-state index in [9.17, 15) is 18.0 Å². The number of anilines is 1. The number of nitrogens with two attached hydrogens (primary N) is 1. The van der Waals surface area contributed by atoms with Crippen molar-refractivity contribution in [2.75, 3.05) is 5.32 Å². The fraction of sp³-hybridized carbons (Fsp3) is 0.231. The summed E-state index contributed by atoms with van der Waals surface area (Å²) in [5.74, 6) is -0.316. The molecule has 1 aromatic carbocycles. The fourth-order valence-corrected chi connectivity index (χ4v) is 3.18. The summed E-state index contributed by atoms with van der Waals surface area (Å²) in [7, 11) is -3.82. The number of amides is 1.